The zero-order valence-corrected chi connectivity index (χ0v) is 19.8. The smallest absolute Gasteiger partial charge is 0.270 e. The monoisotopic (exact) mass is 461 g/mol. The maximum atomic E-state index is 13.1. The van der Waals surface area contributed by atoms with Crippen LogP contribution in [-0.4, -0.2) is 17.3 Å². The molecule has 0 unspecified atom stereocenters. The summed E-state index contributed by atoms with van der Waals surface area (Å²) in [7, 11) is 1.60. The van der Waals surface area contributed by atoms with Crippen LogP contribution in [0.1, 0.15) is 22.3 Å². The second-order valence-corrected chi connectivity index (χ2v) is 9.15. The van der Waals surface area contributed by atoms with E-state index in [1.807, 2.05) is 86.7 Å². The largest absolute Gasteiger partial charge is 0.493 e. The Morgan fingerprint density at radius 3 is 2.47 bits per heavy atom. The fourth-order valence-corrected chi connectivity index (χ4v) is 4.63. The van der Waals surface area contributed by atoms with Gasteiger partial charge >= 0.3 is 0 Å². The second kappa shape index (κ2) is 9.59. The Labute approximate surface area is 197 Å². The Hall–Kier alpha value is -3.09. The molecule has 4 rings (SSSR count). The zero-order valence-electron chi connectivity index (χ0n) is 18.1. The lowest BCUT2D eigenvalue weighted by molar-refractivity contribution is -0.113. The molecule has 3 aromatic carbocycles. The van der Waals surface area contributed by atoms with E-state index in [-0.39, 0.29) is 5.91 Å². The average Bonchev–Trinajstić information content (AvgIpc) is 3.08. The van der Waals surface area contributed by atoms with Gasteiger partial charge in [-0.15, -0.1) is 0 Å². The molecule has 1 heterocycles. The summed E-state index contributed by atoms with van der Waals surface area (Å²) in [5.74, 6) is 1.14. The fourth-order valence-electron chi connectivity index (χ4n) is 3.33. The predicted molar refractivity (Wildman–Crippen MR) is 135 cm³/mol. The van der Waals surface area contributed by atoms with Crippen LogP contribution in [0.4, 0.5) is 5.69 Å². The maximum Gasteiger partial charge on any atom is 0.270 e. The van der Waals surface area contributed by atoms with E-state index in [1.165, 1.54) is 17.3 Å². The van der Waals surface area contributed by atoms with Gasteiger partial charge in [0.05, 0.1) is 17.7 Å². The van der Waals surface area contributed by atoms with Crippen molar-refractivity contribution in [1.82, 2.24) is 0 Å². The van der Waals surface area contributed by atoms with Gasteiger partial charge < -0.3 is 9.47 Å². The third-order valence-corrected chi connectivity index (χ3v) is 6.57. The van der Waals surface area contributed by atoms with Crippen LogP contribution in [0, 0.1) is 13.8 Å². The molecule has 1 amide bonds. The topological polar surface area (TPSA) is 38.8 Å². The van der Waals surface area contributed by atoms with E-state index in [4.69, 9.17) is 21.7 Å². The molecule has 0 aromatic heterocycles. The summed E-state index contributed by atoms with van der Waals surface area (Å²) in [5.41, 5.74) is 5.01. The van der Waals surface area contributed by atoms with E-state index in [9.17, 15) is 4.79 Å². The summed E-state index contributed by atoms with van der Waals surface area (Å²) in [5, 5.41) is 0. The Morgan fingerprint density at radius 1 is 0.969 bits per heavy atom. The van der Waals surface area contributed by atoms with Crippen molar-refractivity contribution in [3.8, 4) is 11.5 Å². The van der Waals surface area contributed by atoms with Crippen molar-refractivity contribution in [2.45, 2.75) is 20.5 Å². The van der Waals surface area contributed by atoms with Crippen LogP contribution < -0.4 is 14.4 Å². The van der Waals surface area contributed by atoms with E-state index in [0.29, 0.717) is 27.3 Å². The number of thiocarbonyl (C=S) groups is 1. The Morgan fingerprint density at radius 2 is 1.75 bits per heavy atom. The first kappa shape index (κ1) is 22.1. The predicted octanol–water partition coefficient (Wildman–Crippen LogP) is 6.30. The van der Waals surface area contributed by atoms with Crippen molar-refractivity contribution >= 4 is 46.0 Å². The summed E-state index contributed by atoms with van der Waals surface area (Å²) in [6.45, 7) is 4.52. The fraction of sp³-hybridized carbons (Fsp3) is 0.154. The van der Waals surface area contributed by atoms with Crippen molar-refractivity contribution in [2.75, 3.05) is 12.0 Å². The van der Waals surface area contributed by atoms with Crippen LogP contribution in [-0.2, 0) is 11.4 Å². The summed E-state index contributed by atoms with van der Waals surface area (Å²) >= 11 is 6.81. The minimum Gasteiger partial charge on any atom is -0.493 e. The van der Waals surface area contributed by atoms with Crippen molar-refractivity contribution in [3.05, 3.63) is 93.9 Å². The molecule has 1 aliphatic heterocycles. The maximum absolute atomic E-state index is 13.1. The highest BCUT2D eigenvalue weighted by Gasteiger charge is 2.33. The van der Waals surface area contributed by atoms with Crippen molar-refractivity contribution in [3.63, 3.8) is 0 Å². The highest BCUT2D eigenvalue weighted by Crippen LogP contribution is 2.37. The third-order valence-electron chi connectivity index (χ3n) is 5.27. The molecule has 0 aliphatic carbocycles. The average molecular weight is 462 g/mol. The van der Waals surface area contributed by atoms with Gasteiger partial charge in [-0.1, -0.05) is 66.4 Å². The molecule has 0 N–H and O–H groups in total. The lowest BCUT2D eigenvalue weighted by Gasteiger charge is -2.16. The highest BCUT2D eigenvalue weighted by molar-refractivity contribution is 8.27. The quantitative estimate of drug-likeness (QED) is 0.318. The van der Waals surface area contributed by atoms with Gasteiger partial charge in [-0.05, 0) is 66.4 Å². The first-order valence-electron chi connectivity index (χ1n) is 10.2. The van der Waals surface area contributed by atoms with E-state index in [0.717, 1.165) is 22.4 Å². The number of methoxy groups -OCH3 is 1. The van der Waals surface area contributed by atoms with E-state index in [2.05, 4.69) is 0 Å². The van der Waals surface area contributed by atoms with Crippen molar-refractivity contribution in [1.29, 1.82) is 0 Å². The van der Waals surface area contributed by atoms with Gasteiger partial charge in [-0.25, -0.2) is 0 Å². The lowest BCUT2D eigenvalue weighted by Crippen LogP contribution is -2.27. The minimum absolute atomic E-state index is 0.119. The number of benzene rings is 3. The van der Waals surface area contributed by atoms with Gasteiger partial charge in [0.2, 0.25) is 0 Å². The van der Waals surface area contributed by atoms with E-state index >= 15 is 0 Å². The summed E-state index contributed by atoms with van der Waals surface area (Å²) in [6.07, 6.45) is 1.84. The molecule has 1 aliphatic rings. The van der Waals surface area contributed by atoms with Crippen molar-refractivity contribution < 1.29 is 14.3 Å². The number of ether oxygens (including phenoxy) is 2. The van der Waals surface area contributed by atoms with Crippen LogP contribution in [0.3, 0.4) is 0 Å². The normalized spacial score (nSPS) is 14.8. The molecule has 1 saturated heterocycles. The Bertz CT molecular complexity index is 1200. The number of hydrogen-bond acceptors (Lipinski definition) is 5. The van der Waals surface area contributed by atoms with Gasteiger partial charge in [-0.3, -0.25) is 9.69 Å². The number of anilines is 1. The number of amides is 1. The SMILES string of the molecule is COc1cc(/C=C2/SC(=S)N(c3ccc(C)c(C)c3)C2=O)ccc1OCc1ccccc1. The zero-order chi connectivity index (χ0) is 22.7. The van der Waals surface area contributed by atoms with Gasteiger partial charge in [-0.2, -0.15) is 0 Å². The van der Waals surface area contributed by atoms with Crippen LogP contribution in [0.5, 0.6) is 11.5 Å². The number of rotatable bonds is 6. The molecule has 3 aromatic rings. The number of aryl methyl sites for hydroxylation is 2. The standard InChI is InChI=1S/C26H23NO3S2/c1-17-9-11-21(13-18(17)2)27-25(28)24(32-26(27)31)15-20-10-12-22(23(14-20)29-3)30-16-19-7-5-4-6-8-19/h4-15H,16H2,1-3H3/b24-15+. The number of nitrogens with zero attached hydrogens (tertiary/aromatic N) is 1. The molecule has 0 bridgehead atoms. The summed E-state index contributed by atoms with van der Waals surface area (Å²) in [4.78, 5) is 15.3. The molecule has 1 fully saturated rings. The first-order valence-corrected chi connectivity index (χ1v) is 11.4. The Kier molecular flexibility index (Phi) is 6.63. The molecule has 162 valence electrons. The van der Waals surface area contributed by atoms with Crippen molar-refractivity contribution in [2.24, 2.45) is 0 Å². The van der Waals surface area contributed by atoms with Crippen LogP contribution >= 0.6 is 24.0 Å². The third kappa shape index (κ3) is 4.71. The molecular formula is C26H23NO3S2. The molecular weight excluding hydrogens is 438 g/mol. The summed E-state index contributed by atoms with van der Waals surface area (Å²) in [6, 6.07) is 21.5. The Balaban J connectivity index is 1.54. The van der Waals surface area contributed by atoms with E-state index in [1.54, 1.807) is 12.0 Å². The number of thioether (sulfide) groups is 1. The number of carbonyl (C=O) groups excluding carboxylic acids is 1. The highest BCUT2D eigenvalue weighted by atomic mass is 32.2. The van der Waals surface area contributed by atoms with Crippen LogP contribution in [0.2, 0.25) is 0 Å². The molecule has 0 atom stereocenters. The van der Waals surface area contributed by atoms with Crippen LogP contribution in [0.25, 0.3) is 6.08 Å². The molecule has 0 spiro atoms. The molecule has 32 heavy (non-hydrogen) atoms. The van der Waals surface area contributed by atoms with Gasteiger partial charge in [0.25, 0.3) is 5.91 Å². The molecule has 0 radical (unpaired) electrons. The number of carbonyl (C=O) groups is 1. The van der Waals surface area contributed by atoms with E-state index < -0.39 is 0 Å². The molecule has 4 nitrogen and oxygen atoms in total. The number of hydrogen-bond donors (Lipinski definition) is 0. The second-order valence-electron chi connectivity index (χ2n) is 7.47. The van der Waals surface area contributed by atoms with Gasteiger partial charge in [0.1, 0.15) is 6.61 Å². The first-order chi connectivity index (χ1) is 15.5. The van der Waals surface area contributed by atoms with Gasteiger partial charge in [0.15, 0.2) is 15.8 Å². The van der Waals surface area contributed by atoms with Crippen LogP contribution in [0.15, 0.2) is 71.6 Å². The molecule has 0 saturated carbocycles. The summed E-state index contributed by atoms with van der Waals surface area (Å²) < 4.78 is 12.0. The lowest BCUT2D eigenvalue weighted by atomic mass is 10.1. The molecule has 6 heteroatoms. The van der Waals surface area contributed by atoms with Gasteiger partial charge in [0, 0.05) is 0 Å². The minimum atomic E-state index is -0.119.